The average molecular weight is 369 g/mol. The van der Waals surface area contributed by atoms with Crippen molar-refractivity contribution in [1.82, 2.24) is 9.71 Å². The SMILES string of the molecule is CN(C)c1ccc(NC(=O)CNS(=O)(=O)c2ccc(Cl)nc2)cc1. The third kappa shape index (κ3) is 4.92. The van der Waals surface area contributed by atoms with Crippen LogP contribution in [0.1, 0.15) is 0 Å². The molecular formula is C15H17ClN4O3S. The van der Waals surface area contributed by atoms with Crippen molar-refractivity contribution in [3.05, 3.63) is 47.7 Å². The second-order valence-corrected chi connectivity index (χ2v) is 7.28. The van der Waals surface area contributed by atoms with Crippen molar-refractivity contribution in [2.45, 2.75) is 4.90 Å². The van der Waals surface area contributed by atoms with Crippen LogP contribution in [0.4, 0.5) is 11.4 Å². The summed E-state index contributed by atoms with van der Waals surface area (Å²) in [5.74, 6) is -0.474. The number of hydrogen-bond donors (Lipinski definition) is 2. The summed E-state index contributed by atoms with van der Waals surface area (Å²) in [6, 6.07) is 9.85. The molecule has 2 N–H and O–H groups in total. The standard InChI is InChI=1S/C15H17ClN4O3S/c1-20(2)12-5-3-11(4-6-12)19-15(21)10-18-24(22,23)13-7-8-14(16)17-9-13/h3-9,18H,10H2,1-2H3,(H,19,21). The maximum Gasteiger partial charge on any atom is 0.242 e. The smallest absolute Gasteiger partial charge is 0.242 e. The molecule has 0 unspecified atom stereocenters. The number of anilines is 2. The van der Waals surface area contributed by atoms with Crippen LogP contribution in [0.2, 0.25) is 5.15 Å². The zero-order valence-electron chi connectivity index (χ0n) is 13.2. The number of carbonyl (C=O) groups is 1. The molecule has 7 nitrogen and oxygen atoms in total. The van der Waals surface area contributed by atoms with Gasteiger partial charge in [0.2, 0.25) is 15.9 Å². The first-order valence-corrected chi connectivity index (χ1v) is 8.82. The van der Waals surface area contributed by atoms with Crippen LogP contribution < -0.4 is 14.9 Å². The van der Waals surface area contributed by atoms with Crippen molar-refractivity contribution in [3.63, 3.8) is 0 Å². The Morgan fingerprint density at radius 3 is 2.38 bits per heavy atom. The highest BCUT2D eigenvalue weighted by Gasteiger charge is 2.16. The summed E-state index contributed by atoms with van der Waals surface area (Å²) < 4.78 is 26.3. The summed E-state index contributed by atoms with van der Waals surface area (Å²) in [5.41, 5.74) is 1.57. The number of rotatable bonds is 6. The molecule has 1 aromatic carbocycles. The molecule has 0 saturated heterocycles. The van der Waals surface area contributed by atoms with E-state index in [0.29, 0.717) is 5.69 Å². The van der Waals surface area contributed by atoms with Crippen molar-refractivity contribution < 1.29 is 13.2 Å². The van der Waals surface area contributed by atoms with E-state index >= 15 is 0 Å². The molecule has 2 aromatic rings. The summed E-state index contributed by atoms with van der Waals surface area (Å²) in [4.78, 5) is 17.5. The number of pyridine rings is 1. The fourth-order valence-corrected chi connectivity index (χ4v) is 2.85. The number of sulfonamides is 1. The monoisotopic (exact) mass is 368 g/mol. The summed E-state index contributed by atoms with van der Waals surface area (Å²) in [6.45, 7) is -0.389. The van der Waals surface area contributed by atoms with E-state index in [0.717, 1.165) is 11.9 Å². The van der Waals surface area contributed by atoms with Gasteiger partial charge in [0.05, 0.1) is 6.54 Å². The van der Waals surface area contributed by atoms with E-state index in [1.807, 2.05) is 31.1 Å². The molecule has 1 amide bonds. The van der Waals surface area contributed by atoms with Gasteiger partial charge in [0, 0.05) is 31.7 Å². The zero-order valence-corrected chi connectivity index (χ0v) is 14.7. The van der Waals surface area contributed by atoms with Gasteiger partial charge in [-0.25, -0.2) is 18.1 Å². The number of carbonyl (C=O) groups excluding carboxylic acids is 1. The molecule has 0 radical (unpaired) electrons. The van der Waals surface area contributed by atoms with Crippen molar-refractivity contribution in [1.29, 1.82) is 0 Å². The number of halogens is 1. The van der Waals surface area contributed by atoms with E-state index in [1.165, 1.54) is 12.1 Å². The summed E-state index contributed by atoms with van der Waals surface area (Å²) in [6.07, 6.45) is 1.13. The second-order valence-electron chi connectivity index (χ2n) is 5.13. The lowest BCUT2D eigenvalue weighted by Crippen LogP contribution is -2.32. The van der Waals surface area contributed by atoms with E-state index in [9.17, 15) is 13.2 Å². The van der Waals surface area contributed by atoms with Crippen molar-refractivity contribution >= 4 is 38.9 Å². The summed E-state index contributed by atoms with van der Waals surface area (Å²) >= 11 is 5.62. The van der Waals surface area contributed by atoms with Gasteiger partial charge in [-0.3, -0.25) is 4.79 Å². The van der Waals surface area contributed by atoms with Gasteiger partial charge < -0.3 is 10.2 Å². The number of benzene rings is 1. The van der Waals surface area contributed by atoms with Crippen LogP contribution in [-0.2, 0) is 14.8 Å². The Morgan fingerprint density at radius 2 is 1.83 bits per heavy atom. The van der Waals surface area contributed by atoms with E-state index < -0.39 is 15.9 Å². The third-order valence-electron chi connectivity index (χ3n) is 3.10. The molecule has 0 spiro atoms. The van der Waals surface area contributed by atoms with Gasteiger partial charge in [0.25, 0.3) is 0 Å². The molecule has 0 bridgehead atoms. The van der Waals surface area contributed by atoms with E-state index in [-0.39, 0.29) is 16.6 Å². The minimum absolute atomic E-state index is 0.0602. The number of aromatic nitrogens is 1. The lowest BCUT2D eigenvalue weighted by Gasteiger charge is -2.13. The molecular weight excluding hydrogens is 352 g/mol. The number of nitrogens with one attached hydrogen (secondary N) is 2. The molecule has 0 fully saturated rings. The highest BCUT2D eigenvalue weighted by atomic mass is 35.5. The van der Waals surface area contributed by atoms with Crippen LogP contribution in [0.3, 0.4) is 0 Å². The molecule has 0 atom stereocenters. The first-order chi connectivity index (χ1) is 11.3. The molecule has 2 rings (SSSR count). The van der Waals surface area contributed by atoms with Gasteiger partial charge in [-0.05, 0) is 36.4 Å². The van der Waals surface area contributed by atoms with E-state index in [2.05, 4.69) is 15.0 Å². The van der Waals surface area contributed by atoms with Crippen LogP contribution >= 0.6 is 11.6 Å². The quantitative estimate of drug-likeness (QED) is 0.757. The van der Waals surface area contributed by atoms with Gasteiger partial charge in [0.1, 0.15) is 10.0 Å². The highest BCUT2D eigenvalue weighted by molar-refractivity contribution is 7.89. The van der Waals surface area contributed by atoms with Gasteiger partial charge in [-0.2, -0.15) is 0 Å². The van der Waals surface area contributed by atoms with Crippen molar-refractivity contribution in [2.75, 3.05) is 30.9 Å². The predicted molar refractivity (Wildman–Crippen MR) is 93.8 cm³/mol. The Hall–Kier alpha value is -2.16. The van der Waals surface area contributed by atoms with Crippen molar-refractivity contribution in [3.8, 4) is 0 Å². The summed E-state index contributed by atoms with van der Waals surface area (Å²) in [7, 11) is 0.000417. The Kier molecular flexibility index (Phi) is 5.76. The number of hydrogen-bond acceptors (Lipinski definition) is 5. The third-order valence-corrected chi connectivity index (χ3v) is 4.71. The molecule has 1 heterocycles. The first kappa shape index (κ1) is 18.2. The maximum atomic E-state index is 12.0. The lowest BCUT2D eigenvalue weighted by atomic mass is 10.2. The van der Waals surface area contributed by atoms with E-state index in [1.54, 1.807) is 12.1 Å². The van der Waals surface area contributed by atoms with Gasteiger partial charge in [-0.15, -0.1) is 0 Å². The largest absolute Gasteiger partial charge is 0.378 e. The molecule has 128 valence electrons. The molecule has 0 aliphatic rings. The van der Waals surface area contributed by atoms with Gasteiger partial charge >= 0.3 is 0 Å². The molecule has 9 heteroatoms. The van der Waals surface area contributed by atoms with Crippen LogP contribution in [0.25, 0.3) is 0 Å². The highest BCUT2D eigenvalue weighted by Crippen LogP contribution is 2.15. The summed E-state index contributed by atoms with van der Waals surface area (Å²) in [5, 5.41) is 2.81. The number of nitrogens with zero attached hydrogens (tertiary/aromatic N) is 2. The zero-order chi connectivity index (χ0) is 17.7. The maximum absolute atomic E-state index is 12.0. The molecule has 24 heavy (non-hydrogen) atoms. The number of amides is 1. The molecule has 0 aliphatic heterocycles. The minimum atomic E-state index is -3.82. The van der Waals surface area contributed by atoms with Crippen molar-refractivity contribution in [2.24, 2.45) is 0 Å². The molecule has 0 aliphatic carbocycles. The molecule has 0 saturated carbocycles. The predicted octanol–water partition coefficient (Wildman–Crippen LogP) is 1.72. The Labute approximate surface area is 145 Å². The lowest BCUT2D eigenvalue weighted by molar-refractivity contribution is -0.115. The fourth-order valence-electron chi connectivity index (χ4n) is 1.81. The van der Waals surface area contributed by atoms with Crippen LogP contribution in [0, 0.1) is 0 Å². The topological polar surface area (TPSA) is 91.4 Å². The Bertz CT molecular complexity index is 806. The molecule has 1 aromatic heterocycles. The first-order valence-electron chi connectivity index (χ1n) is 6.96. The van der Waals surface area contributed by atoms with E-state index in [4.69, 9.17) is 11.6 Å². The normalized spacial score (nSPS) is 11.1. The minimum Gasteiger partial charge on any atom is -0.378 e. The van der Waals surface area contributed by atoms with Crippen LogP contribution in [-0.4, -0.2) is 39.9 Å². The van der Waals surface area contributed by atoms with Crippen LogP contribution in [0.5, 0.6) is 0 Å². The van der Waals surface area contributed by atoms with Gasteiger partial charge in [-0.1, -0.05) is 11.6 Å². The fraction of sp³-hybridized carbons (Fsp3) is 0.200. The van der Waals surface area contributed by atoms with Gasteiger partial charge in [0.15, 0.2) is 0 Å². The Balaban J connectivity index is 1.93. The second kappa shape index (κ2) is 7.61. The average Bonchev–Trinajstić information content (AvgIpc) is 2.54. The Morgan fingerprint density at radius 1 is 1.17 bits per heavy atom. The van der Waals surface area contributed by atoms with Crippen LogP contribution in [0.15, 0.2) is 47.5 Å².